The van der Waals surface area contributed by atoms with Gasteiger partial charge in [-0.05, 0) is 93.0 Å². The van der Waals surface area contributed by atoms with Gasteiger partial charge in [-0.2, -0.15) is 0 Å². The van der Waals surface area contributed by atoms with E-state index >= 15 is 0 Å². The minimum Gasteiger partial charge on any atom is -0.480 e. The fourth-order valence-electron chi connectivity index (χ4n) is 7.13. The van der Waals surface area contributed by atoms with Gasteiger partial charge in [-0.1, -0.05) is 24.6 Å². The number of carboxylic acids is 1. The maximum Gasteiger partial charge on any atom is 0.325 e. The van der Waals surface area contributed by atoms with E-state index in [0.717, 1.165) is 44.2 Å². The lowest BCUT2D eigenvalue weighted by Gasteiger charge is -2.57. The lowest BCUT2D eigenvalue weighted by molar-refractivity contribution is -0.142. The van der Waals surface area contributed by atoms with Crippen LogP contribution in [-0.2, 0) is 14.4 Å². The van der Waals surface area contributed by atoms with Gasteiger partial charge in [0.05, 0.1) is 11.8 Å². The monoisotopic (exact) mass is 432 g/mol. The zero-order valence-electron chi connectivity index (χ0n) is 18.9. The second-order valence-electron chi connectivity index (χ2n) is 10.6. The number of carbonyl (C=O) groups is 2. The Morgan fingerprint density at radius 3 is 2.71 bits per heavy atom. The number of hydrogen-bond acceptors (Lipinski definition) is 5. The molecule has 0 saturated heterocycles. The van der Waals surface area contributed by atoms with Crippen molar-refractivity contribution in [3.63, 3.8) is 0 Å². The lowest BCUT2D eigenvalue weighted by atomic mass is 9.47. The summed E-state index contributed by atoms with van der Waals surface area (Å²) >= 11 is 0. The molecular formula is C24H36N2O5. The molecule has 7 atom stereocenters. The second kappa shape index (κ2) is 8.23. The van der Waals surface area contributed by atoms with E-state index < -0.39 is 17.9 Å². The van der Waals surface area contributed by atoms with Crippen LogP contribution in [0.4, 0.5) is 0 Å². The van der Waals surface area contributed by atoms with Crippen molar-refractivity contribution < 1.29 is 24.6 Å². The van der Waals surface area contributed by atoms with Gasteiger partial charge in [-0.15, -0.1) is 0 Å². The van der Waals surface area contributed by atoms with Crippen molar-refractivity contribution in [1.82, 2.24) is 5.32 Å². The van der Waals surface area contributed by atoms with Crippen LogP contribution in [0.15, 0.2) is 16.8 Å². The first-order valence-corrected chi connectivity index (χ1v) is 11.8. The number of aliphatic hydroxyl groups is 1. The SMILES string of the molecule is C[C@@H](NC(=O)CON=C1C=C2CC[C@H]3[C@@H]4CC[C@@H](O)[C@@]4(C)CC[C@@H]3[C@@]2(C)CC1)C(=O)O. The van der Waals surface area contributed by atoms with E-state index in [9.17, 15) is 14.7 Å². The van der Waals surface area contributed by atoms with Crippen LogP contribution in [0.25, 0.3) is 0 Å². The van der Waals surface area contributed by atoms with Crippen LogP contribution in [0.5, 0.6) is 0 Å². The molecule has 172 valence electrons. The molecule has 0 bridgehead atoms. The van der Waals surface area contributed by atoms with E-state index in [1.165, 1.54) is 25.3 Å². The molecule has 0 heterocycles. The number of nitrogens with one attached hydrogen (secondary N) is 1. The number of fused-ring (bicyclic) bond motifs is 5. The highest BCUT2D eigenvalue weighted by Gasteiger charge is 2.58. The molecule has 0 radical (unpaired) electrons. The summed E-state index contributed by atoms with van der Waals surface area (Å²) < 4.78 is 0. The molecule has 3 saturated carbocycles. The summed E-state index contributed by atoms with van der Waals surface area (Å²) in [6.07, 6.45) is 10.6. The third kappa shape index (κ3) is 3.90. The maximum atomic E-state index is 11.8. The Morgan fingerprint density at radius 1 is 1.19 bits per heavy atom. The lowest BCUT2D eigenvalue weighted by Crippen LogP contribution is -2.51. The van der Waals surface area contributed by atoms with Crippen LogP contribution >= 0.6 is 0 Å². The number of amides is 1. The van der Waals surface area contributed by atoms with Gasteiger partial charge < -0.3 is 20.4 Å². The molecule has 0 aromatic carbocycles. The van der Waals surface area contributed by atoms with E-state index in [0.29, 0.717) is 17.8 Å². The zero-order chi connectivity index (χ0) is 22.4. The van der Waals surface area contributed by atoms with Crippen molar-refractivity contribution in [1.29, 1.82) is 0 Å². The number of aliphatic hydroxyl groups excluding tert-OH is 1. The van der Waals surface area contributed by atoms with Gasteiger partial charge in [-0.25, -0.2) is 0 Å². The van der Waals surface area contributed by atoms with Gasteiger partial charge in [-0.3, -0.25) is 9.59 Å². The summed E-state index contributed by atoms with van der Waals surface area (Å²) in [5.74, 6) is 0.442. The van der Waals surface area contributed by atoms with Crippen molar-refractivity contribution in [2.24, 2.45) is 33.7 Å². The van der Waals surface area contributed by atoms with Crippen LogP contribution in [0.2, 0.25) is 0 Å². The van der Waals surface area contributed by atoms with Gasteiger partial charge in [0.15, 0.2) is 6.61 Å². The van der Waals surface area contributed by atoms with E-state index in [2.05, 4.69) is 30.4 Å². The van der Waals surface area contributed by atoms with E-state index in [-0.39, 0.29) is 23.5 Å². The van der Waals surface area contributed by atoms with Crippen LogP contribution in [0.1, 0.15) is 72.1 Å². The molecule has 7 nitrogen and oxygen atoms in total. The molecule has 0 aromatic rings. The Hall–Kier alpha value is -1.89. The van der Waals surface area contributed by atoms with Crippen molar-refractivity contribution >= 4 is 17.6 Å². The largest absolute Gasteiger partial charge is 0.480 e. The van der Waals surface area contributed by atoms with Crippen molar-refractivity contribution in [2.75, 3.05) is 6.61 Å². The Balaban J connectivity index is 1.41. The van der Waals surface area contributed by atoms with Crippen LogP contribution < -0.4 is 5.32 Å². The van der Waals surface area contributed by atoms with E-state index in [4.69, 9.17) is 9.94 Å². The Labute approximate surface area is 184 Å². The molecule has 0 spiro atoms. The van der Waals surface area contributed by atoms with Crippen molar-refractivity contribution in [3.05, 3.63) is 11.6 Å². The Kier molecular flexibility index (Phi) is 5.92. The molecule has 3 N–H and O–H groups in total. The van der Waals surface area contributed by atoms with E-state index in [1.807, 2.05) is 0 Å². The first-order chi connectivity index (χ1) is 14.6. The average molecular weight is 433 g/mol. The first-order valence-electron chi connectivity index (χ1n) is 11.8. The fraction of sp³-hybridized carbons (Fsp3) is 0.792. The van der Waals surface area contributed by atoms with Gasteiger partial charge >= 0.3 is 5.97 Å². The molecule has 4 rings (SSSR count). The second-order valence-corrected chi connectivity index (χ2v) is 10.6. The van der Waals surface area contributed by atoms with Gasteiger partial charge in [0.1, 0.15) is 6.04 Å². The van der Waals surface area contributed by atoms with Crippen molar-refractivity contribution in [2.45, 2.75) is 84.3 Å². The average Bonchev–Trinajstić information content (AvgIpc) is 3.02. The number of aliphatic carboxylic acids is 1. The predicted octanol–water partition coefficient (Wildman–Crippen LogP) is 3.27. The number of oxime groups is 1. The van der Waals surface area contributed by atoms with Crippen LogP contribution in [0.3, 0.4) is 0 Å². The predicted molar refractivity (Wildman–Crippen MR) is 116 cm³/mol. The number of carboxylic acid groups (broad SMARTS) is 1. The molecular weight excluding hydrogens is 396 g/mol. The highest BCUT2D eigenvalue weighted by molar-refractivity contribution is 5.96. The summed E-state index contributed by atoms with van der Waals surface area (Å²) in [6, 6.07) is -0.949. The van der Waals surface area contributed by atoms with Gasteiger partial charge in [0.25, 0.3) is 5.91 Å². The normalized spacial score (nSPS) is 41.4. The van der Waals surface area contributed by atoms with Crippen LogP contribution in [0, 0.1) is 28.6 Å². The summed E-state index contributed by atoms with van der Waals surface area (Å²) in [5, 5.41) is 26.0. The summed E-state index contributed by atoms with van der Waals surface area (Å²) in [5.41, 5.74) is 2.60. The summed E-state index contributed by atoms with van der Waals surface area (Å²) in [7, 11) is 0. The molecule has 3 fully saturated rings. The third-order valence-corrected chi connectivity index (χ3v) is 9.05. The quantitative estimate of drug-likeness (QED) is 0.578. The highest BCUT2D eigenvalue weighted by Crippen LogP contribution is 2.65. The molecule has 0 aromatic heterocycles. The number of carbonyl (C=O) groups excluding carboxylic acids is 1. The molecule has 31 heavy (non-hydrogen) atoms. The minimum atomic E-state index is -1.08. The molecule has 4 aliphatic carbocycles. The van der Waals surface area contributed by atoms with Gasteiger partial charge in [0.2, 0.25) is 0 Å². The molecule has 0 unspecified atom stereocenters. The Morgan fingerprint density at radius 2 is 1.97 bits per heavy atom. The standard InChI is InChI=1S/C24H36N2O5/c1-14(22(29)30)25-21(28)13-31-26-16-8-10-23(2)15(12-16)4-5-17-18-6-7-20(27)24(18,3)11-9-19(17)23/h12,14,17-20,27H,4-11,13H2,1-3H3,(H,25,28)(H,29,30)/t14-,17+,18+,19+,20-,23+,24+/m1/s1. The molecule has 1 amide bonds. The number of allylic oxidation sites excluding steroid dienone is 2. The zero-order valence-corrected chi connectivity index (χ0v) is 18.9. The summed E-state index contributed by atoms with van der Waals surface area (Å²) in [6.45, 7) is 5.86. The van der Waals surface area contributed by atoms with Gasteiger partial charge in [0, 0.05) is 0 Å². The number of hydrogen-bond donors (Lipinski definition) is 3. The summed E-state index contributed by atoms with van der Waals surface area (Å²) in [4.78, 5) is 27.8. The number of rotatable bonds is 5. The number of nitrogens with zero attached hydrogens (tertiary/aromatic N) is 1. The smallest absolute Gasteiger partial charge is 0.325 e. The van der Waals surface area contributed by atoms with Crippen LogP contribution in [-0.4, -0.2) is 46.6 Å². The fourth-order valence-corrected chi connectivity index (χ4v) is 7.13. The highest BCUT2D eigenvalue weighted by atomic mass is 16.6. The maximum absolute atomic E-state index is 11.8. The molecule has 4 aliphatic rings. The molecule has 7 heteroatoms. The Bertz CT molecular complexity index is 808. The molecule has 0 aliphatic heterocycles. The van der Waals surface area contributed by atoms with Crippen molar-refractivity contribution in [3.8, 4) is 0 Å². The third-order valence-electron chi connectivity index (χ3n) is 9.05. The first kappa shape index (κ1) is 22.3. The topological polar surface area (TPSA) is 108 Å². The van der Waals surface area contributed by atoms with E-state index in [1.54, 1.807) is 0 Å². The minimum absolute atomic E-state index is 0.104.